The standard InChI is InChI=1S/C20H22N4O/c1-15-13-18(9-11-21-15)24-20(17-10-12-25-14-17)22-19(23-24)8-7-16-5-3-2-4-6-16/h2-6,9,11,13,17H,7-8,10,12,14H2,1H3/t17-/m1/s1. The summed E-state index contributed by atoms with van der Waals surface area (Å²) in [6.45, 7) is 3.52. The molecule has 1 fully saturated rings. The van der Waals surface area contributed by atoms with E-state index in [0.29, 0.717) is 5.92 Å². The molecule has 0 amide bonds. The molecule has 0 aliphatic carbocycles. The Labute approximate surface area is 147 Å². The summed E-state index contributed by atoms with van der Waals surface area (Å²) in [6.07, 6.45) is 4.61. The van der Waals surface area contributed by atoms with Gasteiger partial charge in [-0.2, -0.15) is 5.10 Å². The fourth-order valence-corrected chi connectivity index (χ4v) is 3.23. The average Bonchev–Trinajstić information content (AvgIpc) is 3.30. The Hall–Kier alpha value is -2.53. The van der Waals surface area contributed by atoms with Crippen molar-refractivity contribution >= 4 is 0 Å². The van der Waals surface area contributed by atoms with Crippen LogP contribution in [0.3, 0.4) is 0 Å². The Balaban J connectivity index is 1.63. The van der Waals surface area contributed by atoms with Gasteiger partial charge in [-0.1, -0.05) is 30.3 Å². The number of hydrogen-bond donors (Lipinski definition) is 0. The lowest BCUT2D eigenvalue weighted by Crippen LogP contribution is -2.09. The molecule has 4 rings (SSSR count). The molecule has 128 valence electrons. The number of benzene rings is 1. The van der Waals surface area contributed by atoms with Crippen molar-refractivity contribution in [2.24, 2.45) is 0 Å². The number of pyridine rings is 1. The predicted molar refractivity (Wildman–Crippen MR) is 95.9 cm³/mol. The highest BCUT2D eigenvalue weighted by Crippen LogP contribution is 2.26. The minimum atomic E-state index is 0.312. The van der Waals surface area contributed by atoms with Crippen LogP contribution in [0, 0.1) is 6.92 Å². The van der Waals surface area contributed by atoms with Crippen LogP contribution < -0.4 is 0 Å². The molecule has 3 aromatic rings. The molecule has 0 saturated carbocycles. The van der Waals surface area contributed by atoms with Crippen molar-refractivity contribution in [3.8, 4) is 5.69 Å². The van der Waals surface area contributed by atoms with Crippen molar-refractivity contribution in [3.05, 3.63) is 71.6 Å². The highest BCUT2D eigenvalue weighted by molar-refractivity contribution is 5.32. The zero-order chi connectivity index (χ0) is 17.1. The SMILES string of the molecule is Cc1cc(-n2nc(CCc3ccccc3)nc2[C@@H]2CCOC2)ccn1. The molecule has 0 spiro atoms. The zero-order valence-corrected chi connectivity index (χ0v) is 14.4. The molecule has 0 bridgehead atoms. The molecule has 0 radical (unpaired) electrons. The van der Waals surface area contributed by atoms with Crippen molar-refractivity contribution in [3.63, 3.8) is 0 Å². The molecule has 3 heterocycles. The van der Waals surface area contributed by atoms with E-state index in [2.05, 4.69) is 35.3 Å². The van der Waals surface area contributed by atoms with Gasteiger partial charge in [0.25, 0.3) is 0 Å². The molecule has 25 heavy (non-hydrogen) atoms. The van der Waals surface area contributed by atoms with Gasteiger partial charge in [0, 0.05) is 30.8 Å². The first-order chi connectivity index (χ1) is 12.3. The van der Waals surface area contributed by atoms with Crippen molar-refractivity contribution in [2.75, 3.05) is 13.2 Å². The number of hydrogen-bond acceptors (Lipinski definition) is 4. The molecule has 1 aromatic carbocycles. The summed E-state index contributed by atoms with van der Waals surface area (Å²) in [6, 6.07) is 14.5. The summed E-state index contributed by atoms with van der Waals surface area (Å²) in [5, 5.41) is 4.80. The maximum absolute atomic E-state index is 5.57. The Bertz CT molecular complexity index is 838. The van der Waals surface area contributed by atoms with Gasteiger partial charge in [0.1, 0.15) is 5.82 Å². The van der Waals surface area contributed by atoms with Crippen molar-refractivity contribution < 1.29 is 4.74 Å². The molecule has 5 heteroatoms. The summed E-state index contributed by atoms with van der Waals surface area (Å²) in [5.74, 6) is 2.21. The number of nitrogens with zero attached hydrogens (tertiary/aromatic N) is 4. The minimum Gasteiger partial charge on any atom is -0.381 e. The van der Waals surface area contributed by atoms with E-state index >= 15 is 0 Å². The molecular formula is C20H22N4O. The van der Waals surface area contributed by atoms with E-state index in [1.807, 2.05) is 29.9 Å². The second kappa shape index (κ2) is 7.15. The third-order valence-corrected chi connectivity index (χ3v) is 4.58. The van der Waals surface area contributed by atoms with E-state index in [1.54, 1.807) is 0 Å². The van der Waals surface area contributed by atoms with Gasteiger partial charge in [-0.05, 0) is 37.5 Å². The summed E-state index contributed by atoms with van der Waals surface area (Å²) >= 11 is 0. The van der Waals surface area contributed by atoms with Crippen LogP contribution in [0.25, 0.3) is 5.69 Å². The second-order valence-electron chi connectivity index (χ2n) is 6.50. The largest absolute Gasteiger partial charge is 0.381 e. The first-order valence-corrected chi connectivity index (χ1v) is 8.80. The van der Waals surface area contributed by atoms with Crippen LogP contribution in [0.2, 0.25) is 0 Å². The van der Waals surface area contributed by atoms with Crippen molar-refractivity contribution in [2.45, 2.75) is 32.1 Å². The molecular weight excluding hydrogens is 312 g/mol. The van der Waals surface area contributed by atoms with Crippen LogP contribution in [-0.2, 0) is 17.6 Å². The first kappa shape index (κ1) is 16.0. The van der Waals surface area contributed by atoms with Gasteiger partial charge in [0.15, 0.2) is 5.82 Å². The molecule has 1 saturated heterocycles. The first-order valence-electron chi connectivity index (χ1n) is 8.80. The topological polar surface area (TPSA) is 52.8 Å². The van der Waals surface area contributed by atoms with Gasteiger partial charge in [-0.3, -0.25) is 4.98 Å². The summed E-state index contributed by atoms with van der Waals surface area (Å²) in [7, 11) is 0. The zero-order valence-electron chi connectivity index (χ0n) is 14.4. The lowest BCUT2D eigenvalue weighted by molar-refractivity contribution is 0.193. The molecule has 1 atom stereocenters. The number of aromatic nitrogens is 4. The normalized spacial score (nSPS) is 17.1. The molecule has 0 unspecified atom stereocenters. The predicted octanol–water partition coefficient (Wildman–Crippen LogP) is 3.26. The van der Waals surface area contributed by atoms with Gasteiger partial charge < -0.3 is 4.74 Å². The number of ether oxygens (including phenoxy) is 1. The van der Waals surface area contributed by atoms with Gasteiger partial charge in [-0.15, -0.1) is 0 Å². The van der Waals surface area contributed by atoms with Crippen LogP contribution in [-0.4, -0.2) is 33.0 Å². The highest BCUT2D eigenvalue weighted by atomic mass is 16.5. The molecule has 1 aliphatic heterocycles. The quantitative estimate of drug-likeness (QED) is 0.719. The van der Waals surface area contributed by atoms with E-state index < -0.39 is 0 Å². The van der Waals surface area contributed by atoms with Crippen molar-refractivity contribution in [1.29, 1.82) is 0 Å². The third kappa shape index (κ3) is 3.61. The van der Waals surface area contributed by atoms with Gasteiger partial charge in [0.2, 0.25) is 0 Å². The number of aryl methyl sites for hydroxylation is 3. The average molecular weight is 334 g/mol. The van der Waals surface area contributed by atoms with E-state index in [0.717, 1.165) is 55.5 Å². The lowest BCUT2D eigenvalue weighted by atomic mass is 10.1. The molecule has 1 aliphatic rings. The maximum atomic E-state index is 5.57. The Morgan fingerprint density at radius 2 is 2.04 bits per heavy atom. The molecule has 2 aromatic heterocycles. The number of rotatable bonds is 5. The fraction of sp³-hybridized carbons (Fsp3) is 0.350. The smallest absolute Gasteiger partial charge is 0.151 e. The van der Waals surface area contributed by atoms with Gasteiger partial charge >= 0.3 is 0 Å². The van der Waals surface area contributed by atoms with Crippen LogP contribution in [0.1, 0.15) is 35.2 Å². The van der Waals surface area contributed by atoms with E-state index in [1.165, 1.54) is 5.56 Å². The lowest BCUT2D eigenvalue weighted by Gasteiger charge is -2.10. The van der Waals surface area contributed by atoms with Crippen molar-refractivity contribution in [1.82, 2.24) is 19.7 Å². The Kier molecular flexibility index (Phi) is 4.57. The third-order valence-electron chi connectivity index (χ3n) is 4.58. The van der Waals surface area contributed by atoms with Gasteiger partial charge in [0.05, 0.1) is 12.3 Å². The summed E-state index contributed by atoms with van der Waals surface area (Å²) in [4.78, 5) is 9.15. The van der Waals surface area contributed by atoms with E-state index in [9.17, 15) is 0 Å². The van der Waals surface area contributed by atoms with Crippen LogP contribution in [0.4, 0.5) is 0 Å². The fourth-order valence-electron chi connectivity index (χ4n) is 3.23. The van der Waals surface area contributed by atoms with Crippen LogP contribution in [0.5, 0.6) is 0 Å². The van der Waals surface area contributed by atoms with Gasteiger partial charge in [-0.25, -0.2) is 9.67 Å². The Morgan fingerprint density at radius 3 is 2.80 bits per heavy atom. The monoisotopic (exact) mass is 334 g/mol. The van der Waals surface area contributed by atoms with Crippen LogP contribution >= 0.6 is 0 Å². The minimum absolute atomic E-state index is 0.312. The summed E-state index contributed by atoms with van der Waals surface area (Å²) < 4.78 is 7.55. The second-order valence-corrected chi connectivity index (χ2v) is 6.50. The highest BCUT2D eigenvalue weighted by Gasteiger charge is 2.25. The van der Waals surface area contributed by atoms with E-state index in [4.69, 9.17) is 14.8 Å². The summed E-state index contributed by atoms with van der Waals surface area (Å²) in [5.41, 5.74) is 3.31. The Morgan fingerprint density at radius 1 is 1.16 bits per heavy atom. The molecule has 0 N–H and O–H groups in total. The van der Waals surface area contributed by atoms with E-state index in [-0.39, 0.29) is 0 Å². The maximum Gasteiger partial charge on any atom is 0.151 e. The molecule has 5 nitrogen and oxygen atoms in total. The van der Waals surface area contributed by atoms with Crippen LogP contribution in [0.15, 0.2) is 48.7 Å².